The van der Waals surface area contributed by atoms with Crippen molar-refractivity contribution in [3.63, 3.8) is 0 Å². The summed E-state index contributed by atoms with van der Waals surface area (Å²) >= 11 is 0. The van der Waals surface area contributed by atoms with Gasteiger partial charge in [-0.15, -0.1) is 0 Å². The van der Waals surface area contributed by atoms with Crippen molar-refractivity contribution in [2.75, 3.05) is 0 Å². The molecule has 0 aliphatic heterocycles. The predicted molar refractivity (Wildman–Crippen MR) is 86.2 cm³/mol. The molecule has 0 aliphatic rings. The van der Waals surface area contributed by atoms with Crippen LogP contribution in [0.5, 0.6) is 0 Å². The Morgan fingerprint density at radius 3 is 2.16 bits per heavy atom. The molecule has 0 saturated heterocycles. The maximum atomic E-state index is 4.33. The van der Waals surface area contributed by atoms with Gasteiger partial charge >= 0.3 is 0 Å². The minimum atomic E-state index is 0.514. The molecule has 0 amide bonds. The molecule has 1 atom stereocenters. The maximum absolute atomic E-state index is 4.33. The number of rotatable bonds is 3. The van der Waals surface area contributed by atoms with E-state index in [1.807, 2.05) is 27.0 Å². The first-order valence-corrected chi connectivity index (χ1v) is 7.28. The molecule has 0 radical (unpaired) electrons. The van der Waals surface area contributed by atoms with Gasteiger partial charge in [0.2, 0.25) is 0 Å². The molecule has 0 saturated carbocycles. The highest BCUT2D eigenvalue weighted by atomic mass is 14.9. The van der Waals surface area contributed by atoms with Crippen LogP contribution in [0, 0.1) is 18.8 Å². The quantitative estimate of drug-likeness (QED) is 0.702. The lowest BCUT2D eigenvalue weighted by atomic mass is 10.1. The molecule has 1 rings (SSSR count). The summed E-state index contributed by atoms with van der Waals surface area (Å²) in [6, 6.07) is 0. The average Bonchev–Trinajstić information content (AvgIpc) is 2.39. The van der Waals surface area contributed by atoms with Crippen LogP contribution in [0.1, 0.15) is 60.6 Å². The largest absolute Gasteiger partial charge is 0.257 e. The van der Waals surface area contributed by atoms with E-state index < -0.39 is 0 Å². The van der Waals surface area contributed by atoms with Gasteiger partial charge < -0.3 is 0 Å². The summed E-state index contributed by atoms with van der Waals surface area (Å²) < 4.78 is 0. The molecule has 0 spiro atoms. The lowest BCUT2D eigenvalue weighted by molar-refractivity contribution is 0.737. The van der Waals surface area contributed by atoms with Gasteiger partial charge in [-0.3, -0.25) is 4.99 Å². The molecule has 1 unspecified atom stereocenters. The number of nitrogens with zero attached hydrogens (tertiary/aromatic N) is 3. The highest BCUT2D eigenvalue weighted by Gasteiger charge is 1.96. The van der Waals surface area contributed by atoms with E-state index in [0.717, 1.165) is 23.7 Å². The van der Waals surface area contributed by atoms with Crippen LogP contribution in [0.15, 0.2) is 17.5 Å². The molecule has 3 heteroatoms. The van der Waals surface area contributed by atoms with Gasteiger partial charge in [-0.1, -0.05) is 48.5 Å². The van der Waals surface area contributed by atoms with Gasteiger partial charge in [-0.05, 0) is 25.2 Å². The third kappa shape index (κ3) is 13.0. The summed E-state index contributed by atoms with van der Waals surface area (Å²) in [5.74, 6) is 1.35. The van der Waals surface area contributed by atoms with Crippen LogP contribution in [-0.4, -0.2) is 16.2 Å². The van der Waals surface area contributed by atoms with Gasteiger partial charge in [0, 0.05) is 6.21 Å². The van der Waals surface area contributed by atoms with Gasteiger partial charge in [0.25, 0.3) is 0 Å². The minimum Gasteiger partial charge on any atom is -0.257 e. The van der Waals surface area contributed by atoms with Crippen molar-refractivity contribution in [3.8, 4) is 0 Å². The average molecular weight is 265 g/mol. The van der Waals surface area contributed by atoms with Gasteiger partial charge in [0.1, 0.15) is 12.0 Å². The topological polar surface area (TPSA) is 38.1 Å². The lowest BCUT2D eigenvalue weighted by Gasteiger charge is -2.00. The summed E-state index contributed by atoms with van der Waals surface area (Å²) in [5, 5.41) is 0. The van der Waals surface area contributed by atoms with Crippen LogP contribution in [0.25, 0.3) is 0 Å². The summed E-state index contributed by atoms with van der Waals surface area (Å²) in [5.41, 5.74) is 1.79. The molecular formula is C16H31N3. The normalized spacial score (nSPS) is 11.4. The smallest absolute Gasteiger partial charge is 0.115 e. The van der Waals surface area contributed by atoms with Gasteiger partial charge in [-0.2, -0.15) is 0 Å². The van der Waals surface area contributed by atoms with E-state index in [1.165, 1.54) is 6.33 Å². The number of hydrogen-bond acceptors (Lipinski definition) is 3. The van der Waals surface area contributed by atoms with Crippen LogP contribution in [-0.2, 0) is 0 Å². The molecule has 19 heavy (non-hydrogen) atoms. The van der Waals surface area contributed by atoms with Crippen LogP contribution in [0.4, 0.5) is 5.69 Å². The highest BCUT2D eigenvalue weighted by Crippen LogP contribution is 2.13. The fourth-order valence-corrected chi connectivity index (χ4v) is 0.823. The molecule has 110 valence electrons. The summed E-state index contributed by atoms with van der Waals surface area (Å²) in [6.07, 6.45) is 6.33. The van der Waals surface area contributed by atoms with Crippen molar-refractivity contribution in [3.05, 3.63) is 18.2 Å². The van der Waals surface area contributed by atoms with Crippen molar-refractivity contribution in [2.45, 2.75) is 61.8 Å². The Kier molecular flexibility index (Phi) is 13.9. The number of aryl methyl sites for hydroxylation is 1. The second-order valence-corrected chi connectivity index (χ2v) is 4.89. The summed E-state index contributed by atoms with van der Waals surface area (Å²) in [6.45, 7) is 16.7. The summed E-state index contributed by atoms with van der Waals surface area (Å²) in [4.78, 5) is 12.3. The molecule has 1 aromatic heterocycles. The Balaban J connectivity index is 0. The number of aromatic nitrogens is 2. The van der Waals surface area contributed by atoms with Crippen LogP contribution in [0.2, 0.25) is 0 Å². The van der Waals surface area contributed by atoms with Crippen molar-refractivity contribution >= 4 is 11.9 Å². The Labute approximate surface area is 119 Å². The Morgan fingerprint density at radius 2 is 1.74 bits per heavy atom. The van der Waals surface area contributed by atoms with E-state index in [2.05, 4.69) is 49.6 Å². The molecular weight excluding hydrogens is 234 g/mol. The molecule has 1 aromatic rings. The molecule has 0 fully saturated rings. The number of aliphatic imine (C=N–C) groups is 1. The monoisotopic (exact) mass is 265 g/mol. The van der Waals surface area contributed by atoms with Crippen molar-refractivity contribution in [1.82, 2.24) is 9.97 Å². The third-order valence-corrected chi connectivity index (χ3v) is 2.00. The molecule has 3 nitrogen and oxygen atoms in total. The molecule has 0 bridgehead atoms. The Morgan fingerprint density at radius 1 is 1.21 bits per heavy atom. The molecule has 0 N–H and O–H groups in total. The minimum absolute atomic E-state index is 0.514. The van der Waals surface area contributed by atoms with Crippen LogP contribution < -0.4 is 0 Å². The zero-order chi connectivity index (χ0) is 15.3. The SMILES string of the molecule is CC.CC(C)C.CCC(C)C=Nc1cncnc1C. The molecule has 0 aliphatic carbocycles. The van der Waals surface area contributed by atoms with Crippen LogP contribution in [0.3, 0.4) is 0 Å². The highest BCUT2D eigenvalue weighted by molar-refractivity contribution is 5.65. The van der Waals surface area contributed by atoms with E-state index in [9.17, 15) is 0 Å². The zero-order valence-electron chi connectivity index (χ0n) is 13.9. The fourth-order valence-electron chi connectivity index (χ4n) is 0.823. The first kappa shape index (κ1) is 20.1. The Hall–Kier alpha value is -1.25. The Bertz CT molecular complexity index is 330. The summed E-state index contributed by atoms with van der Waals surface area (Å²) in [7, 11) is 0. The second-order valence-electron chi connectivity index (χ2n) is 4.89. The molecule has 0 aromatic carbocycles. The first-order chi connectivity index (χ1) is 8.97. The van der Waals surface area contributed by atoms with E-state index in [4.69, 9.17) is 0 Å². The van der Waals surface area contributed by atoms with Crippen molar-refractivity contribution in [1.29, 1.82) is 0 Å². The molecule has 1 heterocycles. The van der Waals surface area contributed by atoms with Crippen LogP contribution >= 0.6 is 0 Å². The van der Waals surface area contributed by atoms with Gasteiger partial charge in [0.05, 0.1) is 11.9 Å². The number of hydrogen-bond donors (Lipinski definition) is 0. The van der Waals surface area contributed by atoms with Gasteiger partial charge in [-0.25, -0.2) is 9.97 Å². The predicted octanol–water partition coefficient (Wildman–Crippen LogP) is 5.22. The van der Waals surface area contributed by atoms with Crippen molar-refractivity contribution in [2.24, 2.45) is 16.8 Å². The zero-order valence-corrected chi connectivity index (χ0v) is 13.9. The van der Waals surface area contributed by atoms with E-state index in [-0.39, 0.29) is 0 Å². The maximum Gasteiger partial charge on any atom is 0.115 e. The fraction of sp³-hybridized carbons (Fsp3) is 0.688. The van der Waals surface area contributed by atoms with E-state index in [0.29, 0.717) is 5.92 Å². The van der Waals surface area contributed by atoms with E-state index >= 15 is 0 Å². The van der Waals surface area contributed by atoms with Crippen molar-refractivity contribution < 1.29 is 0 Å². The van der Waals surface area contributed by atoms with E-state index in [1.54, 1.807) is 6.20 Å². The lowest BCUT2D eigenvalue weighted by Crippen LogP contribution is -1.92. The second kappa shape index (κ2) is 13.2. The first-order valence-electron chi connectivity index (χ1n) is 7.28. The third-order valence-electron chi connectivity index (χ3n) is 2.00. The van der Waals surface area contributed by atoms with Gasteiger partial charge in [0.15, 0.2) is 0 Å². The standard InChI is InChI=1S/C10H15N3.C4H10.C2H6/c1-4-8(2)5-12-10-6-11-7-13-9(10)3;1-4(2)3;1-2/h5-8H,4H2,1-3H3;4H,1-3H3;1-2H3.